The average molecular weight is 318 g/mol. The molecule has 0 aliphatic rings. The third-order valence-corrected chi connectivity index (χ3v) is 4.13. The summed E-state index contributed by atoms with van der Waals surface area (Å²) >= 11 is 0. The molecule has 4 rings (SSSR count). The molecule has 0 unspecified atom stereocenters. The van der Waals surface area contributed by atoms with E-state index in [-0.39, 0.29) is 11.1 Å². The minimum absolute atomic E-state index is 0.163. The number of hydrogen-bond donors (Lipinski definition) is 0. The van der Waals surface area contributed by atoms with Crippen LogP contribution in [0.15, 0.2) is 64.8 Å². The standard InChI is InChI=1S/C18H14N4O2/c1-21-7-4-13-14(17(21)23)10-20-15-5-8-22(18(24)16(13)15)11-12-3-2-6-19-9-12/h2-10H,11H2,1H3. The summed E-state index contributed by atoms with van der Waals surface area (Å²) in [6.45, 7) is 0.420. The van der Waals surface area contributed by atoms with Crippen LogP contribution in [0.4, 0.5) is 0 Å². The van der Waals surface area contributed by atoms with Gasteiger partial charge in [-0.15, -0.1) is 0 Å². The molecular weight excluding hydrogens is 304 g/mol. The third-order valence-electron chi connectivity index (χ3n) is 4.13. The number of pyridine rings is 4. The van der Waals surface area contributed by atoms with Crippen LogP contribution in [0, 0.1) is 0 Å². The molecule has 0 saturated carbocycles. The average Bonchev–Trinajstić information content (AvgIpc) is 2.61. The Morgan fingerprint density at radius 3 is 2.67 bits per heavy atom. The Balaban J connectivity index is 2.01. The van der Waals surface area contributed by atoms with Crippen LogP contribution in [0.3, 0.4) is 0 Å². The fourth-order valence-corrected chi connectivity index (χ4v) is 2.86. The highest BCUT2D eigenvalue weighted by molar-refractivity contribution is 6.04. The summed E-state index contributed by atoms with van der Waals surface area (Å²) in [5.41, 5.74) is 1.19. The van der Waals surface area contributed by atoms with Crippen molar-refractivity contribution < 1.29 is 0 Å². The van der Waals surface area contributed by atoms with E-state index < -0.39 is 0 Å². The van der Waals surface area contributed by atoms with Gasteiger partial charge in [0.15, 0.2) is 0 Å². The van der Waals surface area contributed by atoms with Crippen LogP contribution in [0.5, 0.6) is 0 Å². The fourth-order valence-electron chi connectivity index (χ4n) is 2.86. The van der Waals surface area contributed by atoms with Gasteiger partial charge in [-0.1, -0.05) is 6.07 Å². The predicted octanol–water partition coefficient (Wildman–Crippen LogP) is 1.69. The maximum absolute atomic E-state index is 12.9. The minimum Gasteiger partial charge on any atom is -0.318 e. The summed E-state index contributed by atoms with van der Waals surface area (Å²) in [7, 11) is 1.68. The van der Waals surface area contributed by atoms with Gasteiger partial charge in [0, 0.05) is 43.4 Å². The topological polar surface area (TPSA) is 69.8 Å². The summed E-state index contributed by atoms with van der Waals surface area (Å²) < 4.78 is 3.09. The molecule has 6 nitrogen and oxygen atoms in total. The van der Waals surface area contributed by atoms with E-state index in [1.807, 2.05) is 12.1 Å². The van der Waals surface area contributed by atoms with E-state index in [0.29, 0.717) is 28.2 Å². The lowest BCUT2D eigenvalue weighted by atomic mass is 10.1. The first kappa shape index (κ1) is 14.3. The van der Waals surface area contributed by atoms with Crippen molar-refractivity contribution in [3.63, 3.8) is 0 Å². The zero-order valence-corrected chi connectivity index (χ0v) is 13.0. The van der Waals surface area contributed by atoms with Crippen molar-refractivity contribution in [1.29, 1.82) is 0 Å². The summed E-state index contributed by atoms with van der Waals surface area (Å²) in [6, 6.07) is 7.34. The molecule has 0 radical (unpaired) electrons. The highest BCUT2D eigenvalue weighted by atomic mass is 16.1. The lowest BCUT2D eigenvalue weighted by Gasteiger charge is -2.09. The lowest BCUT2D eigenvalue weighted by molar-refractivity contribution is 0.764. The van der Waals surface area contributed by atoms with Gasteiger partial charge in [0.1, 0.15) is 0 Å². The molecule has 0 saturated heterocycles. The first-order chi connectivity index (χ1) is 11.6. The SMILES string of the molecule is Cn1ccc2c(cnc3ccn(Cc4cccnc4)c(=O)c32)c1=O. The number of nitrogens with zero attached hydrogens (tertiary/aromatic N) is 4. The Hall–Kier alpha value is -3.28. The third kappa shape index (κ3) is 2.20. The molecule has 0 spiro atoms. The summed E-state index contributed by atoms with van der Waals surface area (Å²) in [5.74, 6) is 0. The van der Waals surface area contributed by atoms with Crippen molar-refractivity contribution in [2.24, 2.45) is 7.05 Å². The van der Waals surface area contributed by atoms with E-state index in [2.05, 4.69) is 9.97 Å². The molecule has 0 amide bonds. The molecule has 118 valence electrons. The molecule has 0 aromatic carbocycles. The zero-order valence-electron chi connectivity index (χ0n) is 13.0. The van der Waals surface area contributed by atoms with Crippen molar-refractivity contribution in [3.05, 3.63) is 81.5 Å². The predicted molar refractivity (Wildman–Crippen MR) is 92.1 cm³/mol. The van der Waals surface area contributed by atoms with E-state index in [4.69, 9.17) is 0 Å². The van der Waals surface area contributed by atoms with E-state index in [0.717, 1.165) is 5.56 Å². The van der Waals surface area contributed by atoms with Crippen molar-refractivity contribution in [1.82, 2.24) is 19.1 Å². The first-order valence-electron chi connectivity index (χ1n) is 7.51. The van der Waals surface area contributed by atoms with Gasteiger partial charge in [-0.05, 0) is 23.8 Å². The second kappa shape index (κ2) is 5.42. The van der Waals surface area contributed by atoms with Gasteiger partial charge >= 0.3 is 0 Å². The van der Waals surface area contributed by atoms with Gasteiger partial charge in [0.05, 0.1) is 22.8 Å². The van der Waals surface area contributed by atoms with Gasteiger partial charge in [0.25, 0.3) is 11.1 Å². The number of hydrogen-bond acceptors (Lipinski definition) is 4. The monoisotopic (exact) mass is 318 g/mol. The summed E-state index contributed by atoms with van der Waals surface area (Å²) in [5, 5.41) is 1.55. The molecule has 0 atom stereocenters. The Bertz CT molecular complexity index is 1180. The maximum Gasteiger partial charge on any atom is 0.260 e. The van der Waals surface area contributed by atoms with Gasteiger partial charge in [-0.2, -0.15) is 0 Å². The molecule has 0 aliphatic heterocycles. The van der Waals surface area contributed by atoms with Crippen molar-refractivity contribution >= 4 is 21.7 Å². The van der Waals surface area contributed by atoms with Gasteiger partial charge in [-0.25, -0.2) is 0 Å². The van der Waals surface area contributed by atoms with E-state index in [9.17, 15) is 9.59 Å². The van der Waals surface area contributed by atoms with E-state index in [1.54, 1.807) is 48.5 Å². The molecule has 0 aliphatic carbocycles. The van der Waals surface area contributed by atoms with Gasteiger partial charge in [-0.3, -0.25) is 19.6 Å². The molecule has 4 heterocycles. The van der Waals surface area contributed by atoms with Crippen LogP contribution in [-0.2, 0) is 13.6 Å². The molecule has 4 aromatic heterocycles. The van der Waals surface area contributed by atoms with Gasteiger partial charge in [0.2, 0.25) is 0 Å². The highest BCUT2D eigenvalue weighted by Gasteiger charge is 2.11. The number of rotatable bonds is 2. The van der Waals surface area contributed by atoms with E-state index in [1.165, 1.54) is 10.8 Å². The van der Waals surface area contributed by atoms with E-state index >= 15 is 0 Å². The van der Waals surface area contributed by atoms with Gasteiger partial charge < -0.3 is 9.13 Å². The molecular formula is C18H14N4O2. The molecule has 24 heavy (non-hydrogen) atoms. The second-order valence-electron chi connectivity index (χ2n) is 5.69. The summed E-state index contributed by atoms with van der Waals surface area (Å²) in [4.78, 5) is 33.6. The highest BCUT2D eigenvalue weighted by Crippen LogP contribution is 2.17. The van der Waals surface area contributed by atoms with Crippen molar-refractivity contribution in [2.45, 2.75) is 6.54 Å². The Morgan fingerprint density at radius 1 is 1.00 bits per heavy atom. The van der Waals surface area contributed by atoms with Crippen LogP contribution >= 0.6 is 0 Å². The Labute approximate surface area is 136 Å². The second-order valence-corrected chi connectivity index (χ2v) is 5.69. The summed E-state index contributed by atoms with van der Waals surface area (Å²) in [6.07, 6.45) is 8.35. The molecule has 0 bridgehead atoms. The quantitative estimate of drug-likeness (QED) is 0.527. The van der Waals surface area contributed by atoms with Crippen LogP contribution in [0.1, 0.15) is 5.56 Å². The number of aryl methyl sites for hydroxylation is 1. The first-order valence-corrected chi connectivity index (χ1v) is 7.51. The maximum atomic E-state index is 12.9. The van der Waals surface area contributed by atoms with Crippen molar-refractivity contribution in [3.8, 4) is 0 Å². The lowest BCUT2D eigenvalue weighted by Crippen LogP contribution is -2.22. The van der Waals surface area contributed by atoms with Crippen molar-refractivity contribution in [2.75, 3.05) is 0 Å². The van der Waals surface area contributed by atoms with Crippen LogP contribution in [0.2, 0.25) is 0 Å². The fraction of sp³-hybridized carbons (Fsp3) is 0.111. The van der Waals surface area contributed by atoms with Crippen LogP contribution in [0.25, 0.3) is 21.7 Å². The molecule has 4 aromatic rings. The Morgan fingerprint density at radius 2 is 1.88 bits per heavy atom. The molecule has 0 fully saturated rings. The molecule has 0 N–H and O–H groups in total. The smallest absolute Gasteiger partial charge is 0.260 e. The van der Waals surface area contributed by atoms with Crippen LogP contribution < -0.4 is 11.1 Å². The largest absolute Gasteiger partial charge is 0.318 e. The number of aromatic nitrogens is 4. The minimum atomic E-state index is -0.164. The normalized spacial score (nSPS) is 11.2. The molecule has 6 heteroatoms. The zero-order chi connectivity index (χ0) is 16.7. The van der Waals surface area contributed by atoms with Crippen LogP contribution in [-0.4, -0.2) is 19.1 Å². The Kier molecular flexibility index (Phi) is 3.23. The number of fused-ring (bicyclic) bond motifs is 3.